The average Bonchev–Trinajstić information content (AvgIpc) is 3.13. The molecule has 3 aromatic rings. The first-order valence-electron chi connectivity index (χ1n) is 6.24. The molecule has 0 fully saturated rings. The molecule has 0 spiro atoms. The van der Waals surface area contributed by atoms with Gasteiger partial charge >= 0.3 is 6.09 Å². The topological polar surface area (TPSA) is 89.5 Å². The van der Waals surface area contributed by atoms with Crippen molar-refractivity contribution in [2.24, 2.45) is 0 Å². The van der Waals surface area contributed by atoms with Gasteiger partial charge in [-0.2, -0.15) is 0 Å². The third kappa shape index (κ3) is 2.48. The Bertz CT molecular complexity index is 782. The fourth-order valence-corrected chi connectivity index (χ4v) is 2.78. The molecule has 1 amide bonds. The summed E-state index contributed by atoms with van der Waals surface area (Å²) in [4.78, 5) is 20.0. The van der Waals surface area contributed by atoms with E-state index >= 15 is 0 Å². The van der Waals surface area contributed by atoms with E-state index in [0.717, 1.165) is 15.3 Å². The van der Waals surface area contributed by atoms with Crippen LogP contribution in [0.3, 0.4) is 0 Å². The van der Waals surface area contributed by atoms with Gasteiger partial charge in [0.15, 0.2) is 0 Å². The molecule has 1 aromatic carbocycles. The minimum atomic E-state index is -1.09. The van der Waals surface area contributed by atoms with Crippen LogP contribution < -0.4 is 4.90 Å². The van der Waals surface area contributed by atoms with Crippen molar-refractivity contribution in [3.63, 3.8) is 0 Å². The average molecular weight is 303 g/mol. The zero-order valence-corrected chi connectivity index (χ0v) is 12.0. The van der Waals surface area contributed by atoms with Gasteiger partial charge in [0.1, 0.15) is 6.10 Å². The van der Waals surface area contributed by atoms with Gasteiger partial charge in [-0.15, -0.1) is 11.3 Å². The number of benzene rings is 1. The number of aromatic amines is 1. The third-order valence-electron chi connectivity index (χ3n) is 3.23. The quantitative estimate of drug-likeness (QED) is 0.694. The summed E-state index contributed by atoms with van der Waals surface area (Å²) >= 11 is 1.48. The van der Waals surface area contributed by atoms with Crippen LogP contribution >= 0.6 is 11.3 Å². The summed E-state index contributed by atoms with van der Waals surface area (Å²) in [5.41, 5.74) is 2.07. The molecule has 7 heteroatoms. The lowest BCUT2D eigenvalue weighted by molar-refractivity contribution is 0.203. The standard InChI is InChI=1S/C14H13N3O3S/c1-17(14(19)20)13-15-9-5-4-8(7-10(9)16-13)12(18)11-3-2-6-21-11/h2-7,12,18H,1H3,(H,15,16)(H,19,20). The van der Waals surface area contributed by atoms with Gasteiger partial charge in [-0.1, -0.05) is 12.1 Å². The number of imidazole rings is 1. The maximum Gasteiger partial charge on any atom is 0.413 e. The van der Waals surface area contributed by atoms with Gasteiger partial charge in [-0.25, -0.2) is 9.78 Å². The Labute approximate surface area is 124 Å². The first-order chi connectivity index (χ1) is 10.1. The van der Waals surface area contributed by atoms with Crippen LogP contribution in [0.15, 0.2) is 35.7 Å². The highest BCUT2D eigenvalue weighted by atomic mass is 32.1. The highest BCUT2D eigenvalue weighted by Crippen LogP contribution is 2.28. The maximum atomic E-state index is 10.9. The number of carboxylic acid groups (broad SMARTS) is 1. The van der Waals surface area contributed by atoms with E-state index in [9.17, 15) is 9.90 Å². The molecule has 2 aromatic heterocycles. The van der Waals surface area contributed by atoms with Gasteiger partial charge < -0.3 is 15.2 Å². The van der Waals surface area contributed by atoms with Crippen molar-refractivity contribution >= 4 is 34.4 Å². The van der Waals surface area contributed by atoms with E-state index < -0.39 is 12.2 Å². The molecule has 108 valence electrons. The molecular weight excluding hydrogens is 290 g/mol. The summed E-state index contributed by atoms with van der Waals surface area (Å²) in [7, 11) is 1.42. The van der Waals surface area contributed by atoms with E-state index in [0.29, 0.717) is 11.0 Å². The Morgan fingerprint density at radius 3 is 2.90 bits per heavy atom. The van der Waals surface area contributed by atoms with Crippen molar-refractivity contribution in [1.82, 2.24) is 9.97 Å². The normalized spacial score (nSPS) is 12.5. The Hall–Kier alpha value is -2.38. The van der Waals surface area contributed by atoms with Crippen LogP contribution in [0.2, 0.25) is 0 Å². The molecule has 0 aliphatic rings. The van der Waals surface area contributed by atoms with E-state index in [2.05, 4.69) is 9.97 Å². The Balaban J connectivity index is 1.98. The molecular formula is C14H13N3O3S. The van der Waals surface area contributed by atoms with E-state index in [1.54, 1.807) is 18.2 Å². The molecule has 0 aliphatic heterocycles. The fraction of sp³-hybridized carbons (Fsp3) is 0.143. The first kappa shape index (κ1) is 13.6. The number of aliphatic hydroxyl groups excluding tert-OH is 1. The molecule has 3 rings (SSSR count). The second-order valence-corrected chi connectivity index (χ2v) is 5.58. The summed E-state index contributed by atoms with van der Waals surface area (Å²) in [5, 5.41) is 21.2. The van der Waals surface area contributed by atoms with Crippen LogP contribution in [0.1, 0.15) is 16.5 Å². The number of nitrogens with one attached hydrogen (secondary N) is 1. The van der Waals surface area contributed by atoms with Gasteiger partial charge in [-0.3, -0.25) is 4.90 Å². The predicted octanol–water partition coefficient (Wildman–Crippen LogP) is 2.82. The second kappa shape index (κ2) is 5.19. The lowest BCUT2D eigenvalue weighted by Crippen LogP contribution is -2.24. The minimum absolute atomic E-state index is 0.250. The molecule has 21 heavy (non-hydrogen) atoms. The highest BCUT2D eigenvalue weighted by Gasteiger charge is 2.16. The molecule has 6 nitrogen and oxygen atoms in total. The van der Waals surface area contributed by atoms with Gasteiger partial charge in [0.25, 0.3) is 0 Å². The summed E-state index contributed by atoms with van der Waals surface area (Å²) in [5.74, 6) is 0.250. The molecule has 0 aliphatic carbocycles. The number of rotatable bonds is 3. The molecule has 1 atom stereocenters. The first-order valence-corrected chi connectivity index (χ1v) is 7.12. The minimum Gasteiger partial charge on any atom is -0.465 e. The number of aromatic nitrogens is 2. The molecule has 0 bridgehead atoms. The molecule has 0 saturated heterocycles. The molecule has 3 N–H and O–H groups in total. The van der Waals surface area contributed by atoms with Gasteiger partial charge in [0.05, 0.1) is 11.0 Å². The zero-order valence-electron chi connectivity index (χ0n) is 11.1. The number of hydrogen-bond acceptors (Lipinski definition) is 4. The lowest BCUT2D eigenvalue weighted by atomic mass is 10.1. The summed E-state index contributed by atoms with van der Waals surface area (Å²) < 4.78 is 0. The monoisotopic (exact) mass is 303 g/mol. The molecule has 0 saturated carbocycles. The van der Waals surface area contributed by atoms with Crippen LogP contribution in [-0.2, 0) is 0 Å². The summed E-state index contributed by atoms with van der Waals surface area (Å²) in [6.45, 7) is 0. The van der Waals surface area contributed by atoms with Crippen molar-refractivity contribution in [3.05, 3.63) is 46.2 Å². The molecule has 1 unspecified atom stereocenters. The van der Waals surface area contributed by atoms with Crippen molar-refractivity contribution in [2.75, 3.05) is 11.9 Å². The number of thiophene rings is 1. The number of hydrogen-bond donors (Lipinski definition) is 3. The van der Waals surface area contributed by atoms with Crippen LogP contribution in [-0.4, -0.2) is 33.3 Å². The van der Waals surface area contributed by atoms with Gasteiger partial charge in [0, 0.05) is 11.9 Å². The second-order valence-electron chi connectivity index (χ2n) is 4.60. The largest absolute Gasteiger partial charge is 0.465 e. The van der Waals surface area contributed by atoms with Gasteiger partial charge in [-0.05, 0) is 29.1 Å². The van der Waals surface area contributed by atoms with E-state index in [-0.39, 0.29) is 5.95 Å². The molecule has 0 radical (unpaired) electrons. The number of nitrogens with zero attached hydrogens (tertiary/aromatic N) is 2. The Kier molecular flexibility index (Phi) is 3.36. The van der Waals surface area contributed by atoms with Crippen molar-refractivity contribution in [2.45, 2.75) is 6.10 Å². The summed E-state index contributed by atoms with van der Waals surface area (Å²) in [6, 6.07) is 9.09. The zero-order chi connectivity index (χ0) is 15.0. The number of carbonyl (C=O) groups is 1. The van der Waals surface area contributed by atoms with E-state index in [4.69, 9.17) is 5.11 Å². The molecule has 2 heterocycles. The number of H-pyrrole nitrogens is 1. The van der Waals surface area contributed by atoms with Crippen LogP contribution in [0.4, 0.5) is 10.7 Å². The predicted molar refractivity (Wildman–Crippen MR) is 80.9 cm³/mol. The van der Waals surface area contributed by atoms with Crippen LogP contribution in [0.5, 0.6) is 0 Å². The lowest BCUT2D eigenvalue weighted by Gasteiger charge is -2.08. The smallest absolute Gasteiger partial charge is 0.413 e. The summed E-state index contributed by atoms with van der Waals surface area (Å²) in [6.07, 6.45) is -1.79. The number of fused-ring (bicyclic) bond motifs is 1. The SMILES string of the molecule is CN(C(=O)O)c1nc2ccc(C(O)c3cccs3)cc2[nH]1. The van der Waals surface area contributed by atoms with Gasteiger partial charge in [0.2, 0.25) is 5.95 Å². The van der Waals surface area contributed by atoms with Crippen molar-refractivity contribution < 1.29 is 15.0 Å². The fourth-order valence-electron chi connectivity index (χ4n) is 2.04. The number of amides is 1. The third-order valence-corrected chi connectivity index (χ3v) is 4.15. The maximum absolute atomic E-state index is 10.9. The Morgan fingerprint density at radius 2 is 2.24 bits per heavy atom. The van der Waals surface area contributed by atoms with Crippen LogP contribution in [0, 0.1) is 0 Å². The number of anilines is 1. The van der Waals surface area contributed by atoms with E-state index in [1.165, 1.54) is 18.4 Å². The van der Waals surface area contributed by atoms with Crippen LogP contribution in [0.25, 0.3) is 11.0 Å². The number of aliphatic hydroxyl groups is 1. The van der Waals surface area contributed by atoms with Crippen molar-refractivity contribution in [1.29, 1.82) is 0 Å². The van der Waals surface area contributed by atoms with E-state index in [1.807, 2.05) is 17.5 Å². The highest BCUT2D eigenvalue weighted by molar-refractivity contribution is 7.10. The van der Waals surface area contributed by atoms with Crippen molar-refractivity contribution in [3.8, 4) is 0 Å². The Morgan fingerprint density at radius 1 is 1.43 bits per heavy atom.